The summed E-state index contributed by atoms with van der Waals surface area (Å²) in [5, 5.41) is 7.30. The van der Waals surface area contributed by atoms with Gasteiger partial charge in [0, 0.05) is 12.6 Å². The fraction of sp³-hybridized carbons (Fsp3) is 0.733. The third-order valence-electron chi connectivity index (χ3n) is 3.88. The van der Waals surface area contributed by atoms with Gasteiger partial charge in [0.15, 0.2) is 5.82 Å². The molecular weight excluding hydrogens is 272 g/mol. The summed E-state index contributed by atoms with van der Waals surface area (Å²) < 4.78 is 0. The number of hydrogen-bond acceptors (Lipinski definition) is 4. The highest BCUT2D eigenvalue weighted by molar-refractivity contribution is 6.32. The van der Waals surface area contributed by atoms with Crippen LogP contribution in [-0.2, 0) is 0 Å². The average molecular weight is 297 g/mol. The van der Waals surface area contributed by atoms with Crippen LogP contribution >= 0.6 is 11.6 Å². The van der Waals surface area contributed by atoms with Crippen LogP contribution in [0.25, 0.3) is 0 Å². The van der Waals surface area contributed by atoms with Crippen molar-refractivity contribution in [2.24, 2.45) is 5.92 Å². The van der Waals surface area contributed by atoms with E-state index in [0.717, 1.165) is 24.7 Å². The van der Waals surface area contributed by atoms with E-state index in [4.69, 9.17) is 11.6 Å². The lowest BCUT2D eigenvalue weighted by Crippen LogP contribution is -2.20. The van der Waals surface area contributed by atoms with Gasteiger partial charge >= 0.3 is 0 Å². The molecular formula is C15H25ClN4. The van der Waals surface area contributed by atoms with Crippen molar-refractivity contribution in [3.8, 4) is 0 Å². The number of anilines is 2. The van der Waals surface area contributed by atoms with Crippen molar-refractivity contribution in [1.29, 1.82) is 0 Å². The van der Waals surface area contributed by atoms with Crippen LogP contribution in [-0.4, -0.2) is 22.6 Å². The van der Waals surface area contributed by atoms with E-state index in [1.807, 2.05) is 0 Å². The standard InChI is InChI=1S/C15H25ClN4/c1-3-9-17-15-18-10-13(16)14(20-15)19-12-6-4-5-11(2)7-8-12/h10-12H,3-9H2,1-2H3,(H2,17,18,19,20). The van der Waals surface area contributed by atoms with Crippen molar-refractivity contribution in [1.82, 2.24) is 9.97 Å². The summed E-state index contributed by atoms with van der Waals surface area (Å²) in [6.07, 6.45) is 9.01. The second-order valence-electron chi connectivity index (χ2n) is 5.77. The van der Waals surface area contributed by atoms with Crippen LogP contribution in [0.5, 0.6) is 0 Å². The molecule has 2 unspecified atom stereocenters. The molecule has 0 aliphatic heterocycles. The molecule has 0 saturated heterocycles. The lowest BCUT2D eigenvalue weighted by Gasteiger charge is -2.18. The molecule has 1 heterocycles. The van der Waals surface area contributed by atoms with Gasteiger partial charge in [-0.2, -0.15) is 4.98 Å². The second-order valence-corrected chi connectivity index (χ2v) is 6.18. The Labute approximate surface area is 126 Å². The van der Waals surface area contributed by atoms with Gasteiger partial charge in [0.05, 0.1) is 6.20 Å². The maximum absolute atomic E-state index is 6.20. The van der Waals surface area contributed by atoms with Crippen LogP contribution in [0.3, 0.4) is 0 Å². The van der Waals surface area contributed by atoms with E-state index in [0.29, 0.717) is 17.0 Å². The molecule has 2 rings (SSSR count). The number of aromatic nitrogens is 2. The van der Waals surface area contributed by atoms with Crippen molar-refractivity contribution in [2.45, 2.75) is 58.4 Å². The predicted molar refractivity (Wildman–Crippen MR) is 85.5 cm³/mol. The number of rotatable bonds is 5. The topological polar surface area (TPSA) is 49.8 Å². The minimum Gasteiger partial charge on any atom is -0.366 e. The van der Waals surface area contributed by atoms with Gasteiger partial charge < -0.3 is 10.6 Å². The van der Waals surface area contributed by atoms with Crippen molar-refractivity contribution in [3.05, 3.63) is 11.2 Å². The molecule has 4 nitrogen and oxygen atoms in total. The first-order valence-corrected chi connectivity index (χ1v) is 8.09. The Morgan fingerprint density at radius 3 is 2.95 bits per heavy atom. The zero-order valence-corrected chi connectivity index (χ0v) is 13.2. The summed E-state index contributed by atoms with van der Waals surface area (Å²) >= 11 is 6.20. The van der Waals surface area contributed by atoms with Gasteiger partial charge in [0.25, 0.3) is 0 Å². The Kier molecular flexibility index (Phi) is 5.89. The number of nitrogens with one attached hydrogen (secondary N) is 2. The first kappa shape index (κ1) is 15.4. The molecule has 1 aromatic rings. The summed E-state index contributed by atoms with van der Waals surface area (Å²) in [5.41, 5.74) is 0. The maximum Gasteiger partial charge on any atom is 0.224 e. The normalized spacial score (nSPS) is 23.1. The lowest BCUT2D eigenvalue weighted by molar-refractivity contribution is 0.502. The van der Waals surface area contributed by atoms with E-state index in [2.05, 4.69) is 34.4 Å². The molecule has 1 aliphatic rings. The van der Waals surface area contributed by atoms with Crippen LogP contribution in [0.1, 0.15) is 52.4 Å². The summed E-state index contributed by atoms with van der Waals surface area (Å²) in [7, 11) is 0. The molecule has 2 N–H and O–H groups in total. The fourth-order valence-corrected chi connectivity index (χ4v) is 2.76. The largest absolute Gasteiger partial charge is 0.366 e. The molecule has 0 aromatic carbocycles. The van der Waals surface area contributed by atoms with Crippen LogP contribution in [0.2, 0.25) is 5.02 Å². The van der Waals surface area contributed by atoms with Crippen LogP contribution in [0.4, 0.5) is 11.8 Å². The quantitative estimate of drug-likeness (QED) is 0.794. The number of halogens is 1. The third-order valence-corrected chi connectivity index (χ3v) is 4.15. The van der Waals surface area contributed by atoms with Gasteiger partial charge in [-0.15, -0.1) is 0 Å². The SMILES string of the molecule is CCCNc1ncc(Cl)c(NC2CCCC(C)CC2)n1. The van der Waals surface area contributed by atoms with Crippen molar-refractivity contribution in [2.75, 3.05) is 17.2 Å². The monoisotopic (exact) mass is 296 g/mol. The molecule has 0 radical (unpaired) electrons. The Balaban J connectivity index is 2.00. The summed E-state index contributed by atoms with van der Waals surface area (Å²) in [4.78, 5) is 8.69. The van der Waals surface area contributed by atoms with E-state index in [1.54, 1.807) is 6.20 Å². The summed E-state index contributed by atoms with van der Waals surface area (Å²) in [5.74, 6) is 2.25. The highest BCUT2D eigenvalue weighted by Gasteiger charge is 2.17. The summed E-state index contributed by atoms with van der Waals surface area (Å²) in [6.45, 7) is 5.34. The number of hydrogen-bond donors (Lipinski definition) is 2. The molecule has 1 saturated carbocycles. The highest BCUT2D eigenvalue weighted by Crippen LogP contribution is 2.27. The van der Waals surface area contributed by atoms with Gasteiger partial charge in [0.1, 0.15) is 5.02 Å². The number of nitrogens with zero attached hydrogens (tertiary/aromatic N) is 2. The van der Waals surface area contributed by atoms with E-state index < -0.39 is 0 Å². The van der Waals surface area contributed by atoms with Gasteiger partial charge in [-0.05, 0) is 31.6 Å². The van der Waals surface area contributed by atoms with Gasteiger partial charge in [-0.1, -0.05) is 38.3 Å². The highest BCUT2D eigenvalue weighted by atomic mass is 35.5. The molecule has 20 heavy (non-hydrogen) atoms. The molecule has 112 valence electrons. The third kappa shape index (κ3) is 4.51. The Hall–Kier alpha value is -1.03. The Morgan fingerprint density at radius 1 is 1.30 bits per heavy atom. The predicted octanol–water partition coefficient (Wildman–Crippen LogP) is 4.33. The minimum absolute atomic E-state index is 0.478. The zero-order valence-electron chi connectivity index (χ0n) is 12.5. The zero-order chi connectivity index (χ0) is 14.4. The molecule has 0 amide bonds. The van der Waals surface area contributed by atoms with Crippen molar-refractivity contribution in [3.63, 3.8) is 0 Å². The fourth-order valence-electron chi connectivity index (χ4n) is 2.62. The molecule has 5 heteroatoms. The molecule has 1 fully saturated rings. The van der Waals surface area contributed by atoms with E-state index in [-0.39, 0.29) is 0 Å². The van der Waals surface area contributed by atoms with Crippen LogP contribution < -0.4 is 10.6 Å². The van der Waals surface area contributed by atoms with Crippen molar-refractivity contribution >= 4 is 23.4 Å². The minimum atomic E-state index is 0.478. The molecule has 2 atom stereocenters. The molecule has 0 bridgehead atoms. The van der Waals surface area contributed by atoms with E-state index in [1.165, 1.54) is 32.1 Å². The molecule has 0 spiro atoms. The average Bonchev–Trinajstić information content (AvgIpc) is 2.64. The van der Waals surface area contributed by atoms with Crippen LogP contribution in [0.15, 0.2) is 6.20 Å². The Bertz CT molecular complexity index is 424. The lowest BCUT2D eigenvalue weighted by atomic mass is 10.0. The summed E-state index contributed by atoms with van der Waals surface area (Å²) in [6, 6.07) is 0.478. The van der Waals surface area contributed by atoms with Gasteiger partial charge in [0.2, 0.25) is 5.95 Å². The van der Waals surface area contributed by atoms with Gasteiger partial charge in [-0.25, -0.2) is 4.98 Å². The van der Waals surface area contributed by atoms with Crippen LogP contribution in [0, 0.1) is 5.92 Å². The van der Waals surface area contributed by atoms with E-state index in [9.17, 15) is 0 Å². The molecule has 1 aliphatic carbocycles. The Morgan fingerprint density at radius 2 is 2.15 bits per heavy atom. The second kappa shape index (κ2) is 7.67. The van der Waals surface area contributed by atoms with Gasteiger partial charge in [-0.3, -0.25) is 0 Å². The first-order chi connectivity index (χ1) is 9.69. The smallest absolute Gasteiger partial charge is 0.224 e. The first-order valence-electron chi connectivity index (χ1n) is 7.72. The maximum atomic E-state index is 6.20. The van der Waals surface area contributed by atoms with E-state index >= 15 is 0 Å². The molecule has 1 aromatic heterocycles. The van der Waals surface area contributed by atoms with Crippen molar-refractivity contribution < 1.29 is 0 Å².